The summed E-state index contributed by atoms with van der Waals surface area (Å²) in [4.78, 5) is 13.7. The van der Waals surface area contributed by atoms with E-state index in [0.717, 1.165) is 0 Å². The molecule has 0 aromatic heterocycles. The van der Waals surface area contributed by atoms with E-state index in [4.69, 9.17) is 5.84 Å². The maximum atomic E-state index is 11.4. The summed E-state index contributed by atoms with van der Waals surface area (Å²) in [7, 11) is 0. The lowest BCUT2D eigenvalue weighted by atomic mass is 9.95. The summed E-state index contributed by atoms with van der Waals surface area (Å²) in [5.41, 5.74) is 2.22. The van der Waals surface area contributed by atoms with E-state index < -0.39 is 0 Å². The van der Waals surface area contributed by atoms with Crippen LogP contribution in [-0.4, -0.2) is 28.9 Å². The van der Waals surface area contributed by atoms with Crippen molar-refractivity contribution >= 4 is 5.91 Å². The fourth-order valence-electron chi connectivity index (χ4n) is 2.46. The van der Waals surface area contributed by atoms with Crippen LogP contribution in [-0.2, 0) is 4.79 Å². The Hall–Kier alpha value is -0.610. The van der Waals surface area contributed by atoms with Gasteiger partial charge < -0.3 is 0 Å². The Kier molecular flexibility index (Phi) is 3.89. The number of hydrogen-bond acceptors (Lipinski definition) is 3. The predicted molar refractivity (Wildman–Crippen MR) is 56.4 cm³/mol. The minimum Gasteiger partial charge on any atom is -0.293 e. The molecule has 0 spiro atoms. The van der Waals surface area contributed by atoms with E-state index in [9.17, 15) is 4.79 Å². The van der Waals surface area contributed by atoms with Gasteiger partial charge in [0.2, 0.25) is 0 Å². The molecule has 1 fully saturated rings. The van der Waals surface area contributed by atoms with Crippen molar-refractivity contribution in [1.29, 1.82) is 0 Å². The number of amides is 1. The maximum absolute atomic E-state index is 11.4. The van der Waals surface area contributed by atoms with Crippen LogP contribution in [0, 0.1) is 0 Å². The first-order chi connectivity index (χ1) is 6.57. The van der Waals surface area contributed by atoms with Crippen molar-refractivity contribution < 1.29 is 4.79 Å². The van der Waals surface area contributed by atoms with Gasteiger partial charge in [0, 0.05) is 12.1 Å². The lowest BCUT2D eigenvalue weighted by Gasteiger charge is -2.42. The monoisotopic (exact) mass is 199 g/mol. The van der Waals surface area contributed by atoms with Crippen LogP contribution in [0.15, 0.2) is 0 Å². The molecule has 0 saturated carbocycles. The van der Waals surface area contributed by atoms with E-state index in [1.807, 2.05) is 6.92 Å². The largest absolute Gasteiger partial charge is 0.293 e. The second-order valence-electron chi connectivity index (χ2n) is 4.26. The van der Waals surface area contributed by atoms with Gasteiger partial charge in [-0.1, -0.05) is 6.42 Å². The Balaban J connectivity index is 2.67. The van der Waals surface area contributed by atoms with Crippen LogP contribution in [0.2, 0.25) is 0 Å². The van der Waals surface area contributed by atoms with Gasteiger partial charge in [-0.3, -0.25) is 15.1 Å². The third-order valence-corrected chi connectivity index (χ3v) is 3.23. The number of nitrogens with one attached hydrogen (secondary N) is 1. The molecule has 1 aliphatic heterocycles. The molecule has 1 aliphatic rings. The molecule has 1 unspecified atom stereocenters. The fraction of sp³-hybridized carbons (Fsp3) is 0.900. The average Bonchev–Trinajstić information content (AvgIpc) is 2.16. The summed E-state index contributed by atoms with van der Waals surface area (Å²) in [5.74, 6) is 5.05. The van der Waals surface area contributed by atoms with Crippen molar-refractivity contribution in [2.24, 2.45) is 5.84 Å². The van der Waals surface area contributed by atoms with Crippen LogP contribution in [0.4, 0.5) is 0 Å². The van der Waals surface area contributed by atoms with E-state index in [1.165, 1.54) is 19.3 Å². The first-order valence-corrected chi connectivity index (χ1v) is 5.35. The third-order valence-electron chi connectivity index (χ3n) is 3.23. The molecule has 0 bridgehead atoms. The average molecular weight is 199 g/mol. The summed E-state index contributed by atoms with van der Waals surface area (Å²) < 4.78 is 0. The molecule has 1 rings (SSSR count). The Bertz CT molecular complexity index is 198. The number of nitrogens with two attached hydrogens (primary N) is 1. The summed E-state index contributed by atoms with van der Waals surface area (Å²) in [6.45, 7) is 6.27. The smallest absolute Gasteiger partial charge is 0.250 e. The molecule has 0 radical (unpaired) electrons. The minimum atomic E-state index is -0.120. The normalized spacial score (nSPS) is 31.1. The highest BCUT2D eigenvalue weighted by molar-refractivity contribution is 5.80. The molecule has 82 valence electrons. The molecule has 14 heavy (non-hydrogen) atoms. The molecule has 4 nitrogen and oxygen atoms in total. The number of carbonyl (C=O) groups is 1. The standard InChI is InChI=1S/C10H21N3O/c1-7-5-4-6-8(2)13(7)9(3)10(14)12-11/h7-9H,4-6,11H2,1-3H3,(H,12,14)/t7-,8+,9?. The molecule has 1 heterocycles. The van der Waals surface area contributed by atoms with E-state index in [-0.39, 0.29) is 11.9 Å². The zero-order chi connectivity index (χ0) is 10.7. The highest BCUT2D eigenvalue weighted by Crippen LogP contribution is 2.24. The second-order valence-corrected chi connectivity index (χ2v) is 4.26. The van der Waals surface area contributed by atoms with Crippen LogP contribution >= 0.6 is 0 Å². The SMILES string of the molecule is CC(C(=O)NN)N1[C@H](C)CCC[C@@H]1C. The number of carbonyl (C=O) groups excluding carboxylic acids is 1. The van der Waals surface area contributed by atoms with Crippen molar-refractivity contribution in [3.63, 3.8) is 0 Å². The Morgan fingerprint density at radius 2 is 1.93 bits per heavy atom. The highest BCUT2D eigenvalue weighted by Gasteiger charge is 2.31. The molecule has 1 amide bonds. The van der Waals surface area contributed by atoms with Crippen molar-refractivity contribution in [2.45, 2.75) is 58.2 Å². The third kappa shape index (κ3) is 2.25. The van der Waals surface area contributed by atoms with Crippen LogP contribution in [0.5, 0.6) is 0 Å². The molecule has 0 aromatic carbocycles. The van der Waals surface area contributed by atoms with Gasteiger partial charge in [0.05, 0.1) is 6.04 Å². The number of hydrazine groups is 1. The first-order valence-electron chi connectivity index (χ1n) is 5.35. The van der Waals surface area contributed by atoms with Crippen molar-refractivity contribution in [3.05, 3.63) is 0 Å². The maximum Gasteiger partial charge on any atom is 0.250 e. The number of piperidine rings is 1. The van der Waals surface area contributed by atoms with Gasteiger partial charge in [0.1, 0.15) is 0 Å². The van der Waals surface area contributed by atoms with Crippen LogP contribution in [0.3, 0.4) is 0 Å². The molecule has 4 heteroatoms. The first kappa shape index (κ1) is 11.5. The molecular weight excluding hydrogens is 178 g/mol. The van der Waals surface area contributed by atoms with E-state index in [1.54, 1.807) is 0 Å². The topological polar surface area (TPSA) is 58.4 Å². The lowest BCUT2D eigenvalue weighted by Crippen LogP contribution is -2.55. The Labute approximate surface area is 85.8 Å². The zero-order valence-corrected chi connectivity index (χ0v) is 9.29. The van der Waals surface area contributed by atoms with Gasteiger partial charge in [-0.2, -0.15) is 0 Å². The van der Waals surface area contributed by atoms with Crippen molar-refractivity contribution in [3.8, 4) is 0 Å². The summed E-state index contributed by atoms with van der Waals surface area (Å²) >= 11 is 0. The number of hydrogen-bond donors (Lipinski definition) is 2. The number of rotatable bonds is 2. The van der Waals surface area contributed by atoms with Gasteiger partial charge in [0.15, 0.2) is 0 Å². The van der Waals surface area contributed by atoms with Crippen LogP contribution in [0.25, 0.3) is 0 Å². The zero-order valence-electron chi connectivity index (χ0n) is 9.29. The van der Waals surface area contributed by atoms with Gasteiger partial charge in [-0.25, -0.2) is 5.84 Å². The summed E-state index contributed by atoms with van der Waals surface area (Å²) in [6.07, 6.45) is 3.61. The van der Waals surface area contributed by atoms with Crippen LogP contribution < -0.4 is 11.3 Å². The number of nitrogens with zero attached hydrogens (tertiary/aromatic N) is 1. The molecule has 3 N–H and O–H groups in total. The summed E-state index contributed by atoms with van der Waals surface area (Å²) in [5, 5.41) is 0. The Morgan fingerprint density at radius 3 is 2.36 bits per heavy atom. The van der Waals surface area contributed by atoms with Crippen LogP contribution in [0.1, 0.15) is 40.0 Å². The molecule has 0 aliphatic carbocycles. The highest BCUT2D eigenvalue weighted by atomic mass is 16.2. The molecule has 1 saturated heterocycles. The quantitative estimate of drug-likeness (QED) is 0.389. The summed E-state index contributed by atoms with van der Waals surface area (Å²) in [6, 6.07) is 0.836. The van der Waals surface area contributed by atoms with Gasteiger partial charge >= 0.3 is 0 Å². The second kappa shape index (κ2) is 4.75. The van der Waals surface area contributed by atoms with Crippen molar-refractivity contribution in [2.75, 3.05) is 0 Å². The van der Waals surface area contributed by atoms with E-state index in [0.29, 0.717) is 12.1 Å². The lowest BCUT2D eigenvalue weighted by molar-refractivity contribution is -0.128. The predicted octanol–water partition coefficient (Wildman–Crippen LogP) is 0.628. The minimum absolute atomic E-state index is 0.0920. The van der Waals surface area contributed by atoms with E-state index >= 15 is 0 Å². The van der Waals surface area contributed by atoms with Gasteiger partial charge in [-0.05, 0) is 33.6 Å². The Morgan fingerprint density at radius 1 is 1.43 bits per heavy atom. The number of likely N-dealkylation sites (tertiary alicyclic amines) is 1. The van der Waals surface area contributed by atoms with Gasteiger partial charge in [0.25, 0.3) is 5.91 Å². The van der Waals surface area contributed by atoms with Crippen molar-refractivity contribution in [1.82, 2.24) is 10.3 Å². The van der Waals surface area contributed by atoms with E-state index in [2.05, 4.69) is 24.2 Å². The molecular formula is C10H21N3O. The fourth-order valence-corrected chi connectivity index (χ4v) is 2.46. The van der Waals surface area contributed by atoms with Gasteiger partial charge in [-0.15, -0.1) is 0 Å². The molecule has 0 aromatic rings. The molecule has 3 atom stereocenters.